The van der Waals surface area contributed by atoms with Crippen LogP contribution in [-0.4, -0.2) is 34.2 Å². The van der Waals surface area contributed by atoms with Gasteiger partial charge in [-0.25, -0.2) is 0 Å². The minimum atomic E-state index is 0.252. The molecule has 0 unspecified atom stereocenters. The average Bonchev–Trinajstić information content (AvgIpc) is 2.17. The van der Waals surface area contributed by atoms with Crippen LogP contribution in [0.25, 0.3) is 0 Å². The van der Waals surface area contributed by atoms with Crippen LogP contribution in [0.15, 0.2) is 24.5 Å². The molecule has 2 rings (SSSR count). The molecule has 1 fully saturated rings. The van der Waals surface area contributed by atoms with Gasteiger partial charge in [0.25, 0.3) is 0 Å². The first-order valence-electron chi connectivity index (χ1n) is 5.64. The smallest absolute Gasteiger partial charge is 0.0558 e. The van der Waals surface area contributed by atoms with Gasteiger partial charge in [-0.2, -0.15) is 0 Å². The second-order valence-electron chi connectivity index (χ2n) is 4.13. The maximum absolute atomic E-state index is 9.03. The highest BCUT2D eigenvalue weighted by Gasteiger charge is 2.24. The predicted molar refractivity (Wildman–Crippen MR) is 59.4 cm³/mol. The van der Waals surface area contributed by atoms with Crippen molar-refractivity contribution in [3.63, 3.8) is 0 Å². The van der Waals surface area contributed by atoms with Crippen molar-refractivity contribution in [2.24, 2.45) is 0 Å². The maximum Gasteiger partial charge on any atom is 0.0558 e. The Morgan fingerprint density at radius 1 is 1.33 bits per heavy atom. The Hall–Kier alpha value is -0.930. The fraction of sp³-hybridized carbons (Fsp3) is 0.583. The van der Waals surface area contributed by atoms with Gasteiger partial charge < -0.3 is 5.11 Å². The SMILES string of the molecule is OCCN(Cc1ccncc1)C1CCC1. The van der Waals surface area contributed by atoms with Gasteiger partial charge in [0.1, 0.15) is 0 Å². The zero-order chi connectivity index (χ0) is 10.5. The van der Waals surface area contributed by atoms with E-state index in [0.29, 0.717) is 6.04 Å². The maximum atomic E-state index is 9.03. The van der Waals surface area contributed by atoms with E-state index < -0.39 is 0 Å². The molecule has 0 bridgehead atoms. The van der Waals surface area contributed by atoms with Crippen molar-refractivity contribution in [2.75, 3.05) is 13.2 Å². The molecule has 82 valence electrons. The van der Waals surface area contributed by atoms with E-state index in [9.17, 15) is 0 Å². The summed E-state index contributed by atoms with van der Waals surface area (Å²) in [6.07, 6.45) is 7.56. The first kappa shape index (κ1) is 10.6. The highest BCUT2D eigenvalue weighted by Crippen LogP contribution is 2.25. The van der Waals surface area contributed by atoms with E-state index in [1.165, 1.54) is 24.8 Å². The second kappa shape index (κ2) is 5.24. The number of hydrogen-bond acceptors (Lipinski definition) is 3. The average molecular weight is 206 g/mol. The van der Waals surface area contributed by atoms with Gasteiger partial charge in [0.2, 0.25) is 0 Å². The molecule has 1 aromatic heterocycles. The van der Waals surface area contributed by atoms with Gasteiger partial charge in [-0.05, 0) is 30.5 Å². The molecule has 0 aromatic carbocycles. The lowest BCUT2D eigenvalue weighted by Crippen LogP contribution is -2.41. The largest absolute Gasteiger partial charge is 0.395 e. The second-order valence-corrected chi connectivity index (χ2v) is 4.13. The van der Waals surface area contributed by atoms with Gasteiger partial charge in [-0.15, -0.1) is 0 Å². The van der Waals surface area contributed by atoms with Crippen LogP contribution in [0.5, 0.6) is 0 Å². The summed E-state index contributed by atoms with van der Waals surface area (Å²) >= 11 is 0. The van der Waals surface area contributed by atoms with Crippen molar-refractivity contribution in [1.29, 1.82) is 0 Å². The van der Waals surface area contributed by atoms with Crippen LogP contribution >= 0.6 is 0 Å². The standard InChI is InChI=1S/C12H18N2O/c15-9-8-14(12-2-1-3-12)10-11-4-6-13-7-5-11/h4-7,12,15H,1-3,8-10H2. The monoisotopic (exact) mass is 206 g/mol. The van der Waals surface area contributed by atoms with Gasteiger partial charge >= 0.3 is 0 Å². The van der Waals surface area contributed by atoms with E-state index in [4.69, 9.17) is 5.11 Å². The molecular weight excluding hydrogens is 188 g/mol. The van der Waals surface area contributed by atoms with E-state index >= 15 is 0 Å². The topological polar surface area (TPSA) is 36.4 Å². The van der Waals surface area contributed by atoms with E-state index in [2.05, 4.69) is 9.88 Å². The molecule has 1 aliphatic carbocycles. The molecule has 1 saturated carbocycles. The number of rotatable bonds is 5. The van der Waals surface area contributed by atoms with E-state index in [1.54, 1.807) is 0 Å². The molecule has 1 aromatic rings. The Balaban J connectivity index is 1.93. The van der Waals surface area contributed by atoms with Gasteiger partial charge in [0, 0.05) is 31.5 Å². The molecule has 0 radical (unpaired) electrons. The molecule has 3 nitrogen and oxygen atoms in total. The van der Waals surface area contributed by atoms with E-state index in [0.717, 1.165) is 13.1 Å². The summed E-state index contributed by atoms with van der Waals surface area (Å²) in [6, 6.07) is 4.77. The van der Waals surface area contributed by atoms with Crippen LogP contribution in [0.2, 0.25) is 0 Å². The van der Waals surface area contributed by atoms with Crippen LogP contribution < -0.4 is 0 Å². The summed E-state index contributed by atoms with van der Waals surface area (Å²) in [5.41, 5.74) is 1.28. The van der Waals surface area contributed by atoms with Crippen molar-refractivity contribution in [3.8, 4) is 0 Å². The number of hydrogen-bond donors (Lipinski definition) is 1. The highest BCUT2D eigenvalue weighted by molar-refractivity contribution is 5.09. The van der Waals surface area contributed by atoms with Crippen molar-refractivity contribution in [3.05, 3.63) is 30.1 Å². The van der Waals surface area contributed by atoms with Crippen molar-refractivity contribution < 1.29 is 5.11 Å². The Labute approximate surface area is 90.8 Å². The minimum Gasteiger partial charge on any atom is -0.395 e. The number of nitrogens with zero attached hydrogens (tertiary/aromatic N) is 2. The third kappa shape index (κ3) is 2.76. The Kier molecular flexibility index (Phi) is 3.69. The van der Waals surface area contributed by atoms with Crippen molar-refractivity contribution in [1.82, 2.24) is 9.88 Å². The van der Waals surface area contributed by atoms with Crippen LogP contribution in [0, 0.1) is 0 Å². The molecule has 1 N–H and O–H groups in total. The van der Waals surface area contributed by atoms with Crippen LogP contribution in [-0.2, 0) is 6.54 Å². The summed E-state index contributed by atoms with van der Waals surface area (Å²) in [7, 11) is 0. The summed E-state index contributed by atoms with van der Waals surface area (Å²) in [5.74, 6) is 0. The Morgan fingerprint density at radius 3 is 2.60 bits per heavy atom. The van der Waals surface area contributed by atoms with Crippen LogP contribution in [0.3, 0.4) is 0 Å². The third-order valence-corrected chi connectivity index (χ3v) is 3.11. The summed E-state index contributed by atoms with van der Waals surface area (Å²) < 4.78 is 0. The van der Waals surface area contributed by atoms with Crippen LogP contribution in [0.1, 0.15) is 24.8 Å². The number of pyridine rings is 1. The molecule has 3 heteroatoms. The fourth-order valence-electron chi connectivity index (χ4n) is 1.99. The number of aliphatic hydroxyl groups excluding tert-OH is 1. The lowest BCUT2D eigenvalue weighted by molar-refractivity contribution is 0.0945. The molecule has 1 aliphatic rings. The van der Waals surface area contributed by atoms with Gasteiger partial charge in [-0.1, -0.05) is 6.42 Å². The highest BCUT2D eigenvalue weighted by atomic mass is 16.3. The summed E-state index contributed by atoms with van der Waals surface area (Å²) in [5, 5.41) is 9.03. The van der Waals surface area contributed by atoms with Crippen molar-refractivity contribution >= 4 is 0 Å². The molecule has 0 amide bonds. The van der Waals surface area contributed by atoms with Gasteiger partial charge in [-0.3, -0.25) is 9.88 Å². The molecule has 0 aliphatic heterocycles. The Bertz CT molecular complexity index is 285. The normalized spacial score (nSPS) is 16.7. The zero-order valence-electron chi connectivity index (χ0n) is 8.97. The third-order valence-electron chi connectivity index (χ3n) is 3.11. The van der Waals surface area contributed by atoms with E-state index in [-0.39, 0.29) is 6.61 Å². The first-order valence-corrected chi connectivity index (χ1v) is 5.64. The van der Waals surface area contributed by atoms with Gasteiger partial charge in [0.15, 0.2) is 0 Å². The molecule has 0 atom stereocenters. The van der Waals surface area contributed by atoms with E-state index in [1.807, 2.05) is 24.5 Å². The zero-order valence-corrected chi connectivity index (χ0v) is 8.97. The summed E-state index contributed by atoms with van der Waals surface area (Å²) in [4.78, 5) is 6.38. The quantitative estimate of drug-likeness (QED) is 0.791. The molecule has 0 saturated heterocycles. The van der Waals surface area contributed by atoms with Crippen molar-refractivity contribution in [2.45, 2.75) is 31.8 Å². The molecule has 15 heavy (non-hydrogen) atoms. The fourth-order valence-corrected chi connectivity index (χ4v) is 1.99. The molecular formula is C12H18N2O. The van der Waals surface area contributed by atoms with Gasteiger partial charge in [0.05, 0.1) is 6.61 Å². The number of aromatic nitrogens is 1. The molecule has 0 spiro atoms. The number of aliphatic hydroxyl groups is 1. The summed E-state index contributed by atoms with van der Waals surface area (Å²) in [6.45, 7) is 1.97. The molecule has 1 heterocycles. The van der Waals surface area contributed by atoms with Crippen LogP contribution in [0.4, 0.5) is 0 Å². The predicted octanol–water partition coefficient (Wildman–Crippen LogP) is 1.43. The minimum absolute atomic E-state index is 0.252. The first-order chi connectivity index (χ1) is 7.40. The Morgan fingerprint density at radius 2 is 2.07 bits per heavy atom. The lowest BCUT2D eigenvalue weighted by Gasteiger charge is -2.37. The lowest BCUT2D eigenvalue weighted by atomic mass is 9.91.